The molecule has 0 heterocycles. The zero-order valence-corrected chi connectivity index (χ0v) is 10.9. The molecule has 0 aliphatic carbocycles. The van der Waals surface area contributed by atoms with Crippen LogP contribution < -0.4 is 5.32 Å². The van der Waals surface area contributed by atoms with Gasteiger partial charge in [0.1, 0.15) is 0 Å². The van der Waals surface area contributed by atoms with Crippen molar-refractivity contribution in [2.24, 2.45) is 5.92 Å². The normalized spacial score (nSPS) is 15.5. The van der Waals surface area contributed by atoms with Crippen LogP contribution in [0.3, 0.4) is 0 Å². The summed E-state index contributed by atoms with van der Waals surface area (Å²) in [7, 11) is 0. The molecule has 16 heavy (non-hydrogen) atoms. The minimum atomic E-state index is -1.49. The Morgan fingerprint density at radius 1 is 1.19 bits per heavy atom. The van der Waals surface area contributed by atoms with Crippen molar-refractivity contribution in [2.75, 3.05) is 13.2 Å². The number of carbonyl (C=O) groups excluding carboxylic acids is 1. The highest BCUT2D eigenvalue weighted by Crippen LogP contribution is 2.04. The minimum absolute atomic E-state index is 0.138. The van der Waals surface area contributed by atoms with Crippen molar-refractivity contribution in [3.8, 4) is 0 Å². The first-order valence-electron chi connectivity index (χ1n) is 5.86. The largest absolute Gasteiger partial charge is 0.376 e. The lowest BCUT2D eigenvalue weighted by molar-refractivity contribution is -0.129. The van der Waals surface area contributed by atoms with Crippen molar-refractivity contribution >= 4 is 5.78 Å². The standard InChI is InChI=1S/C12H24FNO2/c1-8(2)12(15)11(13)7-16-6-10(5)14-9(3)4/h8-11,14H,6-7H2,1-5H3/t10-,11-/m0/s1. The molecule has 0 fully saturated rings. The molecule has 0 aliphatic rings. The van der Waals surface area contributed by atoms with E-state index in [2.05, 4.69) is 5.32 Å². The second-order valence-corrected chi connectivity index (χ2v) is 4.78. The number of hydrogen-bond acceptors (Lipinski definition) is 3. The number of ketones is 1. The van der Waals surface area contributed by atoms with Gasteiger partial charge in [0.2, 0.25) is 0 Å². The molecule has 0 saturated carbocycles. The Morgan fingerprint density at radius 2 is 1.75 bits per heavy atom. The summed E-state index contributed by atoms with van der Waals surface area (Å²) < 4.78 is 18.4. The molecule has 96 valence electrons. The monoisotopic (exact) mass is 233 g/mol. The van der Waals surface area contributed by atoms with Crippen molar-refractivity contribution in [1.29, 1.82) is 0 Å². The summed E-state index contributed by atoms with van der Waals surface area (Å²) in [5.41, 5.74) is 0. The molecular formula is C12H24FNO2. The third kappa shape index (κ3) is 6.90. The van der Waals surface area contributed by atoms with E-state index in [1.165, 1.54) is 0 Å². The summed E-state index contributed by atoms with van der Waals surface area (Å²) in [6, 6.07) is 0.540. The Kier molecular flexibility index (Phi) is 7.51. The van der Waals surface area contributed by atoms with Gasteiger partial charge in [0, 0.05) is 18.0 Å². The maximum atomic E-state index is 13.3. The van der Waals surface area contributed by atoms with Crippen LogP contribution in [0.15, 0.2) is 0 Å². The molecule has 0 rings (SSSR count). The van der Waals surface area contributed by atoms with Crippen LogP contribution in [0, 0.1) is 5.92 Å². The molecule has 4 heteroatoms. The highest BCUT2D eigenvalue weighted by atomic mass is 19.1. The molecule has 0 bridgehead atoms. The van der Waals surface area contributed by atoms with Gasteiger partial charge in [-0.25, -0.2) is 4.39 Å². The van der Waals surface area contributed by atoms with Crippen LogP contribution in [-0.4, -0.2) is 37.3 Å². The molecule has 2 atom stereocenters. The molecule has 1 N–H and O–H groups in total. The van der Waals surface area contributed by atoms with Crippen LogP contribution in [0.1, 0.15) is 34.6 Å². The summed E-state index contributed by atoms with van der Waals surface area (Å²) >= 11 is 0. The van der Waals surface area contributed by atoms with Gasteiger partial charge in [-0.3, -0.25) is 4.79 Å². The van der Waals surface area contributed by atoms with Crippen molar-refractivity contribution in [3.63, 3.8) is 0 Å². The maximum absolute atomic E-state index is 13.3. The fourth-order valence-electron chi connectivity index (χ4n) is 1.41. The van der Waals surface area contributed by atoms with Crippen LogP contribution in [0.25, 0.3) is 0 Å². The third-order valence-corrected chi connectivity index (χ3v) is 2.13. The fourth-order valence-corrected chi connectivity index (χ4v) is 1.41. The zero-order valence-electron chi connectivity index (χ0n) is 10.9. The maximum Gasteiger partial charge on any atom is 0.181 e. The van der Waals surface area contributed by atoms with Gasteiger partial charge < -0.3 is 10.1 Å². The Morgan fingerprint density at radius 3 is 2.19 bits per heavy atom. The Balaban J connectivity index is 3.69. The molecule has 0 aromatic heterocycles. The number of carbonyl (C=O) groups is 1. The molecule has 0 aromatic carbocycles. The van der Waals surface area contributed by atoms with Gasteiger partial charge >= 0.3 is 0 Å². The van der Waals surface area contributed by atoms with Gasteiger partial charge in [0.25, 0.3) is 0 Å². The quantitative estimate of drug-likeness (QED) is 0.696. The lowest BCUT2D eigenvalue weighted by Gasteiger charge is -2.17. The van der Waals surface area contributed by atoms with Crippen molar-refractivity contribution in [2.45, 2.75) is 52.9 Å². The highest BCUT2D eigenvalue weighted by Gasteiger charge is 2.20. The summed E-state index contributed by atoms with van der Waals surface area (Å²) in [4.78, 5) is 11.2. The smallest absolute Gasteiger partial charge is 0.181 e. The average Bonchev–Trinajstić information content (AvgIpc) is 2.14. The van der Waals surface area contributed by atoms with Crippen LogP contribution in [0.4, 0.5) is 4.39 Å². The number of halogens is 1. The lowest BCUT2D eigenvalue weighted by atomic mass is 10.1. The first-order valence-corrected chi connectivity index (χ1v) is 5.86. The Hall–Kier alpha value is -0.480. The van der Waals surface area contributed by atoms with E-state index in [1.807, 2.05) is 20.8 Å². The van der Waals surface area contributed by atoms with Crippen LogP contribution >= 0.6 is 0 Å². The molecule has 3 nitrogen and oxygen atoms in total. The first-order chi connectivity index (χ1) is 7.34. The summed E-state index contributed by atoms with van der Waals surface area (Å²) in [5.74, 6) is -0.658. The predicted octanol–water partition coefficient (Wildman–Crippen LogP) is 1.95. The van der Waals surface area contributed by atoms with Gasteiger partial charge in [-0.2, -0.15) is 0 Å². The number of ether oxygens (including phenoxy) is 1. The molecule has 0 unspecified atom stereocenters. The van der Waals surface area contributed by atoms with Gasteiger partial charge in [-0.05, 0) is 6.92 Å². The van der Waals surface area contributed by atoms with E-state index in [1.54, 1.807) is 13.8 Å². The molecule has 0 saturated heterocycles. The molecule has 0 radical (unpaired) electrons. The van der Waals surface area contributed by atoms with Gasteiger partial charge in [0.05, 0.1) is 13.2 Å². The van der Waals surface area contributed by atoms with E-state index in [4.69, 9.17) is 4.74 Å². The SMILES string of the molecule is CC(C)N[C@@H](C)COC[C@H](F)C(=O)C(C)C. The van der Waals surface area contributed by atoms with Gasteiger partial charge in [-0.15, -0.1) is 0 Å². The number of hydrogen-bond donors (Lipinski definition) is 1. The molecule has 0 aliphatic heterocycles. The van der Waals surface area contributed by atoms with Crippen molar-refractivity contribution in [3.05, 3.63) is 0 Å². The van der Waals surface area contributed by atoms with E-state index < -0.39 is 6.17 Å². The summed E-state index contributed by atoms with van der Waals surface area (Å²) in [6.45, 7) is 9.71. The van der Waals surface area contributed by atoms with Crippen LogP contribution in [0.5, 0.6) is 0 Å². The molecule has 0 amide bonds. The number of rotatable bonds is 8. The second-order valence-electron chi connectivity index (χ2n) is 4.78. The van der Waals surface area contributed by atoms with E-state index in [0.717, 1.165) is 0 Å². The summed E-state index contributed by atoms with van der Waals surface area (Å²) in [6.07, 6.45) is -1.49. The zero-order chi connectivity index (χ0) is 12.7. The third-order valence-electron chi connectivity index (χ3n) is 2.13. The average molecular weight is 233 g/mol. The first kappa shape index (κ1) is 15.5. The van der Waals surface area contributed by atoms with E-state index in [-0.39, 0.29) is 24.3 Å². The fraction of sp³-hybridized carbons (Fsp3) is 0.917. The van der Waals surface area contributed by atoms with Crippen LogP contribution in [0.2, 0.25) is 0 Å². The number of alkyl halides is 1. The molecular weight excluding hydrogens is 209 g/mol. The predicted molar refractivity (Wildman–Crippen MR) is 63.3 cm³/mol. The van der Waals surface area contributed by atoms with E-state index in [0.29, 0.717) is 12.6 Å². The molecule has 0 aromatic rings. The van der Waals surface area contributed by atoms with Crippen LogP contribution in [-0.2, 0) is 9.53 Å². The van der Waals surface area contributed by atoms with Crippen molar-refractivity contribution in [1.82, 2.24) is 5.32 Å². The highest BCUT2D eigenvalue weighted by molar-refractivity contribution is 5.84. The number of nitrogens with one attached hydrogen (secondary N) is 1. The van der Waals surface area contributed by atoms with Gasteiger partial charge in [0.15, 0.2) is 12.0 Å². The van der Waals surface area contributed by atoms with E-state index in [9.17, 15) is 9.18 Å². The van der Waals surface area contributed by atoms with Gasteiger partial charge in [-0.1, -0.05) is 27.7 Å². The van der Waals surface area contributed by atoms with Crippen molar-refractivity contribution < 1.29 is 13.9 Å². The topological polar surface area (TPSA) is 38.3 Å². The van der Waals surface area contributed by atoms with E-state index >= 15 is 0 Å². The Bertz CT molecular complexity index is 207. The number of Topliss-reactive ketones (excluding diaryl/α,β-unsaturated/α-hetero) is 1. The lowest BCUT2D eigenvalue weighted by Crippen LogP contribution is -2.37. The molecule has 0 spiro atoms. The Labute approximate surface area is 97.7 Å². The minimum Gasteiger partial charge on any atom is -0.376 e. The summed E-state index contributed by atoms with van der Waals surface area (Å²) in [5, 5.41) is 3.24. The second kappa shape index (κ2) is 7.74.